The van der Waals surface area contributed by atoms with Gasteiger partial charge in [-0.15, -0.1) is 0 Å². The number of aromatic nitrogens is 2. The minimum absolute atomic E-state index is 0.171. The first-order valence-electron chi connectivity index (χ1n) is 3.91. The minimum atomic E-state index is -0.925. The number of H-pyrrole nitrogens is 1. The molecule has 1 rings (SSSR count). The number of aliphatic carboxylic acids is 1. The molecule has 72 valence electrons. The van der Waals surface area contributed by atoms with Crippen molar-refractivity contribution in [3.63, 3.8) is 0 Å². The van der Waals surface area contributed by atoms with Crippen molar-refractivity contribution >= 4 is 5.97 Å². The van der Waals surface area contributed by atoms with Crippen LogP contribution in [0.1, 0.15) is 13.8 Å². The molecule has 2 N–H and O–H groups in total. The summed E-state index contributed by atoms with van der Waals surface area (Å²) < 4.78 is 1.34. The molecule has 0 aliphatic rings. The lowest BCUT2D eigenvalue weighted by Gasteiger charge is -2.18. The van der Waals surface area contributed by atoms with Crippen LogP contribution < -0.4 is 5.69 Å². The Bertz CT molecular complexity index is 361. The van der Waals surface area contributed by atoms with Crippen molar-refractivity contribution in [2.24, 2.45) is 5.41 Å². The quantitative estimate of drug-likeness (QED) is 0.708. The maximum absolute atomic E-state index is 11.0. The fourth-order valence-electron chi connectivity index (χ4n) is 0.967. The van der Waals surface area contributed by atoms with Crippen molar-refractivity contribution in [3.8, 4) is 0 Å². The summed E-state index contributed by atoms with van der Waals surface area (Å²) in [7, 11) is 0. The lowest BCUT2D eigenvalue weighted by atomic mass is 9.94. The normalized spacial score (nSPS) is 11.5. The molecular weight excluding hydrogens is 172 g/mol. The van der Waals surface area contributed by atoms with E-state index in [9.17, 15) is 9.59 Å². The predicted octanol–water partition coefficient (Wildman–Crippen LogP) is 0.287. The van der Waals surface area contributed by atoms with Crippen molar-refractivity contribution in [3.05, 3.63) is 22.9 Å². The van der Waals surface area contributed by atoms with Gasteiger partial charge in [-0.3, -0.25) is 9.36 Å². The number of imidazole rings is 1. The highest BCUT2D eigenvalue weighted by Gasteiger charge is 2.27. The van der Waals surface area contributed by atoms with Crippen LogP contribution in [0.25, 0.3) is 0 Å². The lowest BCUT2D eigenvalue weighted by Crippen LogP contribution is -2.32. The third-order valence-corrected chi connectivity index (χ3v) is 1.87. The van der Waals surface area contributed by atoms with Crippen LogP contribution in [0.2, 0.25) is 0 Å². The van der Waals surface area contributed by atoms with E-state index in [1.165, 1.54) is 17.0 Å². The molecule has 1 heterocycles. The summed E-state index contributed by atoms with van der Waals surface area (Å²) in [4.78, 5) is 24.2. The molecule has 0 aromatic carbocycles. The SMILES string of the molecule is CC(C)(Cn1cc[nH]c1=O)C(=O)O. The lowest BCUT2D eigenvalue weighted by molar-refractivity contribution is -0.147. The molecule has 0 atom stereocenters. The van der Waals surface area contributed by atoms with Crippen LogP contribution in [0.3, 0.4) is 0 Å². The van der Waals surface area contributed by atoms with Gasteiger partial charge in [-0.25, -0.2) is 4.79 Å². The molecule has 0 amide bonds. The standard InChI is InChI=1S/C8H12N2O3/c1-8(2,6(11)12)5-10-4-3-9-7(10)13/h3-4H,5H2,1-2H3,(H,9,13)(H,11,12). The number of carboxylic acid groups (broad SMARTS) is 1. The second-order valence-corrected chi connectivity index (χ2v) is 3.58. The Morgan fingerprint density at radius 1 is 1.69 bits per heavy atom. The van der Waals surface area contributed by atoms with E-state index in [0.717, 1.165) is 0 Å². The molecule has 1 aromatic rings. The van der Waals surface area contributed by atoms with Gasteiger partial charge in [-0.1, -0.05) is 0 Å². The maximum atomic E-state index is 11.0. The van der Waals surface area contributed by atoms with Crippen molar-refractivity contribution in [1.82, 2.24) is 9.55 Å². The Morgan fingerprint density at radius 3 is 2.69 bits per heavy atom. The summed E-state index contributed by atoms with van der Waals surface area (Å²) in [5, 5.41) is 8.81. The van der Waals surface area contributed by atoms with E-state index in [1.54, 1.807) is 13.8 Å². The van der Waals surface area contributed by atoms with Crippen LogP contribution in [0.5, 0.6) is 0 Å². The first kappa shape index (κ1) is 9.57. The van der Waals surface area contributed by atoms with Gasteiger partial charge in [0.25, 0.3) is 0 Å². The molecule has 0 aliphatic heterocycles. The van der Waals surface area contributed by atoms with Gasteiger partial charge in [-0.2, -0.15) is 0 Å². The predicted molar refractivity (Wildman–Crippen MR) is 46.5 cm³/mol. The van der Waals surface area contributed by atoms with Gasteiger partial charge < -0.3 is 10.1 Å². The van der Waals surface area contributed by atoms with E-state index in [0.29, 0.717) is 0 Å². The second kappa shape index (κ2) is 3.08. The van der Waals surface area contributed by atoms with Crippen LogP contribution in [0, 0.1) is 5.41 Å². The molecule has 0 saturated carbocycles. The van der Waals surface area contributed by atoms with Crippen LogP contribution in [0.15, 0.2) is 17.2 Å². The second-order valence-electron chi connectivity index (χ2n) is 3.58. The van der Waals surface area contributed by atoms with Gasteiger partial charge in [0.2, 0.25) is 0 Å². The average molecular weight is 184 g/mol. The molecule has 0 aliphatic carbocycles. The van der Waals surface area contributed by atoms with E-state index in [4.69, 9.17) is 5.11 Å². The summed E-state index contributed by atoms with van der Waals surface area (Å²) in [6.07, 6.45) is 3.02. The van der Waals surface area contributed by atoms with Crippen LogP contribution >= 0.6 is 0 Å². The number of carboxylic acids is 1. The van der Waals surface area contributed by atoms with Gasteiger partial charge in [0.05, 0.1) is 5.41 Å². The van der Waals surface area contributed by atoms with Crippen molar-refractivity contribution < 1.29 is 9.90 Å². The number of nitrogens with one attached hydrogen (secondary N) is 1. The monoisotopic (exact) mass is 184 g/mol. The fraction of sp³-hybridized carbons (Fsp3) is 0.500. The number of rotatable bonds is 3. The number of nitrogens with zero attached hydrogens (tertiary/aromatic N) is 1. The van der Waals surface area contributed by atoms with Crippen molar-refractivity contribution in [2.75, 3.05) is 0 Å². The summed E-state index contributed by atoms with van der Waals surface area (Å²) in [6, 6.07) is 0. The van der Waals surface area contributed by atoms with Crippen molar-refractivity contribution in [1.29, 1.82) is 0 Å². The van der Waals surface area contributed by atoms with Gasteiger partial charge in [-0.05, 0) is 13.8 Å². The molecule has 0 unspecified atom stereocenters. The average Bonchev–Trinajstić information content (AvgIpc) is 2.35. The highest BCUT2D eigenvalue weighted by molar-refractivity contribution is 5.73. The Labute approximate surface area is 75.0 Å². The molecule has 1 aromatic heterocycles. The zero-order chi connectivity index (χ0) is 10.1. The highest BCUT2D eigenvalue weighted by atomic mass is 16.4. The van der Waals surface area contributed by atoms with E-state index in [-0.39, 0.29) is 12.2 Å². The molecular formula is C8H12N2O3. The molecule has 0 saturated heterocycles. The van der Waals surface area contributed by atoms with E-state index < -0.39 is 11.4 Å². The van der Waals surface area contributed by atoms with Crippen LogP contribution in [-0.2, 0) is 11.3 Å². The molecule has 13 heavy (non-hydrogen) atoms. The molecule has 5 heteroatoms. The number of hydrogen-bond acceptors (Lipinski definition) is 2. The molecule has 0 radical (unpaired) electrons. The fourth-order valence-corrected chi connectivity index (χ4v) is 0.967. The summed E-state index contributed by atoms with van der Waals surface area (Å²) in [5.74, 6) is -0.916. The first-order chi connectivity index (χ1) is 5.93. The van der Waals surface area contributed by atoms with Gasteiger partial charge in [0.1, 0.15) is 0 Å². The van der Waals surface area contributed by atoms with E-state index >= 15 is 0 Å². The van der Waals surface area contributed by atoms with E-state index in [2.05, 4.69) is 4.98 Å². The summed E-state index contributed by atoms with van der Waals surface area (Å²) >= 11 is 0. The molecule has 0 fully saturated rings. The smallest absolute Gasteiger partial charge is 0.325 e. The zero-order valence-electron chi connectivity index (χ0n) is 7.57. The molecule has 0 bridgehead atoms. The Morgan fingerprint density at radius 2 is 2.31 bits per heavy atom. The Balaban J connectivity index is 2.87. The molecule has 0 spiro atoms. The summed E-state index contributed by atoms with van der Waals surface area (Å²) in [6.45, 7) is 3.33. The topological polar surface area (TPSA) is 75.1 Å². The maximum Gasteiger partial charge on any atom is 0.325 e. The minimum Gasteiger partial charge on any atom is -0.481 e. The Hall–Kier alpha value is -1.52. The molecule has 5 nitrogen and oxygen atoms in total. The summed E-state index contributed by atoms with van der Waals surface area (Å²) in [5.41, 5.74) is -1.21. The van der Waals surface area contributed by atoms with Crippen LogP contribution in [-0.4, -0.2) is 20.6 Å². The number of aromatic amines is 1. The third-order valence-electron chi connectivity index (χ3n) is 1.87. The van der Waals surface area contributed by atoms with Crippen molar-refractivity contribution in [2.45, 2.75) is 20.4 Å². The Kier molecular flexibility index (Phi) is 2.27. The highest BCUT2D eigenvalue weighted by Crippen LogP contribution is 2.16. The number of carbonyl (C=O) groups is 1. The zero-order valence-corrected chi connectivity index (χ0v) is 7.57. The van der Waals surface area contributed by atoms with Gasteiger partial charge in [0.15, 0.2) is 0 Å². The first-order valence-corrected chi connectivity index (χ1v) is 3.91. The number of hydrogen-bond donors (Lipinski definition) is 2. The van der Waals surface area contributed by atoms with Crippen LogP contribution in [0.4, 0.5) is 0 Å². The van der Waals surface area contributed by atoms with E-state index in [1.807, 2.05) is 0 Å². The van der Waals surface area contributed by atoms with Gasteiger partial charge >= 0.3 is 11.7 Å². The van der Waals surface area contributed by atoms with Gasteiger partial charge in [0, 0.05) is 18.9 Å². The third kappa shape index (κ3) is 1.99. The largest absolute Gasteiger partial charge is 0.481 e.